The van der Waals surface area contributed by atoms with E-state index in [4.69, 9.17) is 5.41 Å². The number of carbonyl (C=O) groups is 1. The third kappa shape index (κ3) is 2.71. The highest BCUT2D eigenvalue weighted by atomic mass is 16.5. The Labute approximate surface area is 76.9 Å². The van der Waals surface area contributed by atoms with Crippen LogP contribution in [0.3, 0.4) is 0 Å². The average molecular weight is 177 g/mol. The minimum Gasteiger partial charge on any atom is -0.484 e. The molecule has 0 saturated heterocycles. The zero-order valence-electron chi connectivity index (χ0n) is 7.41. The van der Waals surface area contributed by atoms with Crippen molar-refractivity contribution in [3.63, 3.8) is 0 Å². The van der Waals surface area contributed by atoms with Crippen molar-refractivity contribution in [3.05, 3.63) is 35.9 Å². The fraction of sp³-hybridized carbons (Fsp3) is 0.200. The second kappa shape index (κ2) is 4.40. The number of hydrogen-bond donors (Lipinski definition) is 1. The van der Waals surface area contributed by atoms with Gasteiger partial charge in [-0.05, 0) is 0 Å². The topological polar surface area (TPSA) is 50.1 Å². The van der Waals surface area contributed by atoms with Gasteiger partial charge in [0.25, 0.3) is 0 Å². The van der Waals surface area contributed by atoms with Crippen LogP contribution in [0.25, 0.3) is 0 Å². The molecule has 0 radical (unpaired) electrons. The van der Waals surface area contributed by atoms with Gasteiger partial charge in [-0.2, -0.15) is 0 Å². The van der Waals surface area contributed by atoms with E-state index in [0.717, 1.165) is 0 Å². The quantitative estimate of drug-likeness (QED) is 0.435. The van der Waals surface area contributed by atoms with Gasteiger partial charge in [-0.25, -0.2) is 0 Å². The van der Waals surface area contributed by atoms with Crippen LogP contribution in [0.1, 0.15) is 16.8 Å². The average Bonchev–Trinajstić information content (AvgIpc) is 2.19. The van der Waals surface area contributed by atoms with Crippen LogP contribution in [0.2, 0.25) is 0 Å². The van der Waals surface area contributed by atoms with Crippen LogP contribution in [0.4, 0.5) is 0 Å². The summed E-state index contributed by atoms with van der Waals surface area (Å²) in [5.41, 5.74) is 0.615. The second-order valence-electron chi connectivity index (χ2n) is 2.59. The molecule has 1 rings (SSSR count). The number of nitrogens with one attached hydrogen (secondary N) is 1. The first kappa shape index (κ1) is 9.45. The maximum atomic E-state index is 11.4. The van der Waals surface area contributed by atoms with Crippen LogP contribution in [0, 0.1) is 5.41 Å². The highest BCUT2D eigenvalue weighted by Gasteiger charge is 2.07. The van der Waals surface area contributed by atoms with Gasteiger partial charge >= 0.3 is 0 Å². The van der Waals surface area contributed by atoms with Gasteiger partial charge in [-0.1, -0.05) is 30.3 Å². The molecule has 0 aliphatic carbocycles. The first-order chi connectivity index (χ1) is 6.24. The third-order valence-corrected chi connectivity index (χ3v) is 1.66. The van der Waals surface area contributed by atoms with Gasteiger partial charge in [0, 0.05) is 5.56 Å². The molecule has 0 aromatic heterocycles. The van der Waals surface area contributed by atoms with Crippen LogP contribution < -0.4 is 0 Å². The Hall–Kier alpha value is -1.64. The normalized spacial score (nSPS) is 9.31. The lowest BCUT2D eigenvalue weighted by Crippen LogP contribution is -2.08. The summed E-state index contributed by atoms with van der Waals surface area (Å²) in [5.74, 6) is -0.0960. The molecular formula is C10H11NO2. The predicted octanol–water partition coefficient (Wildman–Crippen LogP) is 1.88. The molecule has 68 valence electrons. The summed E-state index contributed by atoms with van der Waals surface area (Å²) >= 11 is 0. The van der Waals surface area contributed by atoms with Gasteiger partial charge < -0.3 is 4.74 Å². The summed E-state index contributed by atoms with van der Waals surface area (Å²) in [6.45, 7) is 0. The zero-order chi connectivity index (χ0) is 9.68. The van der Waals surface area contributed by atoms with E-state index in [1.165, 1.54) is 7.11 Å². The maximum absolute atomic E-state index is 11.4. The van der Waals surface area contributed by atoms with Crippen LogP contribution in [-0.2, 0) is 4.74 Å². The van der Waals surface area contributed by atoms with E-state index in [0.29, 0.717) is 5.56 Å². The molecule has 1 aromatic carbocycles. The lowest BCUT2D eigenvalue weighted by atomic mass is 10.1. The highest BCUT2D eigenvalue weighted by Crippen LogP contribution is 2.03. The Kier molecular flexibility index (Phi) is 3.20. The SMILES string of the molecule is COC(=N)CC(=O)c1ccccc1. The van der Waals surface area contributed by atoms with Crippen molar-refractivity contribution in [2.24, 2.45) is 0 Å². The molecule has 0 amide bonds. The van der Waals surface area contributed by atoms with Crippen molar-refractivity contribution in [2.75, 3.05) is 7.11 Å². The number of ketones is 1. The number of methoxy groups -OCH3 is 1. The molecule has 0 bridgehead atoms. The molecule has 0 atom stereocenters. The van der Waals surface area contributed by atoms with Crippen molar-refractivity contribution < 1.29 is 9.53 Å². The van der Waals surface area contributed by atoms with Gasteiger partial charge in [-0.15, -0.1) is 0 Å². The second-order valence-corrected chi connectivity index (χ2v) is 2.59. The number of ether oxygens (including phenoxy) is 1. The Balaban J connectivity index is 2.65. The monoisotopic (exact) mass is 177 g/mol. The summed E-state index contributed by atoms with van der Waals surface area (Å²) in [4.78, 5) is 11.4. The van der Waals surface area contributed by atoms with Gasteiger partial charge in [-0.3, -0.25) is 10.2 Å². The summed E-state index contributed by atoms with van der Waals surface area (Å²) in [6, 6.07) is 8.89. The fourth-order valence-corrected chi connectivity index (χ4v) is 0.944. The van der Waals surface area contributed by atoms with E-state index in [2.05, 4.69) is 4.74 Å². The van der Waals surface area contributed by atoms with E-state index < -0.39 is 0 Å². The molecule has 3 nitrogen and oxygen atoms in total. The molecule has 0 unspecified atom stereocenters. The fourth-order valence-electron chi connectivity index (χ4n) is 0.944. The van der Waals surface area contributed by atoms with Crippen LogP contribution in [-0.4, -0.2) is 18.8 Å². The molecular weight excluding hydrogens is 166 g/mol. The molecule has 13 heavy (non-hydrogen) atoms. The predicted molar refractivity (Wildman–Crippen MR) is 50.1 cm³/mol. The molecule has 1 aromatic rings. The zero-order valence-corrected chi connectivity index (χ0v) is 7.41. The smallest absolute Gasteiger partial charge is 0.188 e. The van der Waals surface area contributed by atoms with Crippen molar-refractivity contribution in [3.8, 4) is 0 Å². The Morgan fingerprint density at radius 3 is 2.54 bits per heavy atom. The summed E-state index contributed by atoms with van der Waals surface area (Å²) in [5, 5.41) is 7.17. The van der Waals surface area contributed by atoms with Gasteiger partial charge in [0.1, 0.15) is 0 Å². The van der Waals surface area contributed by atoms with Crippen LogP contribution >= 0.6 is 0 Å². The van der Waals surface area contributed by atoms with Gasteiger partial charge in [0.05, 0.1) is 13.5 Å². The van der Waals surface area contributed by atoms with E-state index in [1.54, 1.807) is 24.3 Å². The number of rotatable bonds is 3. The molecule has 0 aliphatic rings. The van der Waals surface area contributed by atoms with Crippen molar-refractivity contribution in [1.29, 1.82) is 5.41 Å². The lowest BCUT2D eigenvalue weighted by molar-refractivity contribution is 0.0994. The van der Waals surface area contributed by atoms with Crippen molar-refractivity contribution in [2.45, 2.75) is 6.42 Å². The number of Topliss-reactive ketones (excluding diaryl/α,β-unsaturated/α-hetero) is 1. The third-order valence-electron chi connectivity index (χ3n) is 1.66. The summed E-state index contributed by atoms with van der Waals surface area (Å²) in [6.07, 6.45) is 0.0283. The van der Waals surface area contributed by atoms with E-state index in [-0.39, 0.29) is 18.1 Å². The molecule has 0 spiro atoms. The van der Waals surface area contributed by atoms with Gasteiger partial charge in [0.2, 0.25) is 0 Å². The standard InChI is InChI=1S/C10H11NO2/c1-13-10(11)7-9(12)8-5-3-2-4-6-8/h2-6,11H,7H2,1H3. The summed E-state index contributed by atoms with van der Waals surface area (Å²) < 4.78 is 4.60. The first-order valence-corrected chi connectivity index (χ1v) is 3.93. The number of hydrogen-bond acceptors (Lipinski definition) is 3. The Morgan fingerprint density at radius 1 is 1.38 bits per heavy atom. The van der Waals surface area contributed by atoms with E-state index >= 15 is 0 Å². The molecule has 0 fully saturated rings. The number of benzene rings is 1. The Morgan fingerprint density at radius 2 is 2.00 bits per heavy atom. The molecule has 3 heteroatoms. The molecule has 0 heterocycles. The van der Waals surface area contributed by atoms with Crippen LogP contribution in [0.15, 0.2) is 30.3 Å². The van der Waals surface area contributed by atoms with Gasteiger partial charge in [0.15, 0.2) is 11.7 Å². The molecule has 1 N–H and O–H groups in total. The van der Waals surface area contributed by atoms with Crippen molar-refractivity contribution in [1.82, 2.24) is 0 Å². The van der Waals surface area contributed by atoms with E-state index in [1.807, 2.05) is 6.07 Å². The minimum atomic E-state index is -0.0903. The first-order valence-electron chi connectivity index (χ1n) is 3.93. The minimum absolute atomic E-state index is 0.00569. The molecule has 0 aliphatic heterocycles. The van der Waals surface area contributed by atoms with Crippen molar-refractivity contribution >= 4 is 11.7 Å². The largest absolute Gasteiger partial charge is 0.484 e. The summed E-state index contributed by atoms with van der Waals surface area (Å²) in [7, 11) is 1.39. The van der Waals surface area contributed by atoms with Crippen LogP contribution in [0.5, 0.6) is 0 Å². The maximum Gasteiger partial charge on any atom is 0.188 e. The van der Waals surface area contributed by atoms with E-state index in [9.17, 15) is 4.79 Å². The lowest BCUT2D eigenvalue weighted by Gasteiger charge is -2.00. The number of carbonyl (C=O) groups excluding carboxylic acids is 1. The highest BCUT2D eigenvalue weighted by molar-refractivity contribution is 6.06. The molecule has 0 saturated carbocycles. The Bertz CT molecular complexity index is 306.